The standard InChI is InChI=1S/C21H14N8O2/c1-22-20-17(12-7-4-3-5-8-12)29-21(23-20)18(30)15(13-9-6-10-14(11-13)31-2)16(26-29)19-24-27-28-25-19/h3-11,26H,2H3,(H,24,25,27,28). The number of hydrogen-bond acceptors (Lipinski definition) is 6. The number of tetrazole rings is 1. The van der Waals surface area contributed by atoms with E-state index in [0.717, 1.165) is 5.56 Å². The van der Waals surface area contributed by atoms with Crippen LogP contribution in [0.25, 0.3) is 44.4 Å². The Morgan fingerprint density at radius 1 is 1.10 bits per heavy atom. The highest BCUT2D eigenvalue weighted by atomic mass is 16.5. The monoisotopic (exact) mass is 410 g/mol. The summed E-state index contributed by atoms with van der Waals surface area (Å²) < 4.78 is 6.81. The Labute approximate surface area is 175 Å². The zero-order valence-corrected chi connectivity index (χ0v) is 16.2. The van der Waals surface area contributed by atoms with Crippen molar-refractivity contribution < 1.29 is 4.74 Å². The summed E-state index contributed by atoms with van der Waals surface area (Å²) in [5.74, 6) is 0.904. The lowest BCUT2D eigenvalue weighted by Crippen LogP contribution is -2.15. The van der Waals surface area contributed by atoms with E-state index in [1.807, 2.05) is 30.3 Å². The molecule has 0 amide bonds. The van der Waals surface area contributed by atoms with Crippen LogP contribution in [0.1, 0.15) is 0 Å². The van der Waals surface area contributed by atoms with E-state index in [1.54, 1.807) is 31.4 Å². The smallest absolute Gasteiger partial charge is 0.298 e. The fourth-order valence-electron chi connectivity index (χ4n) is 3.48. The lowest BCUT2D eigenvalue weighted by Gasteiger charge is -2.10. The van der Waals surface area contributed by atoms with E-state index in [0.29, 0.717) is 28.3 Å². The van der Waals surface area contributed by atoms with Gasteiger partial charge in [-0.15, -0.1) is 10.2 Å². The molecule has 0 saturated carbocycles. The van der Waals surface area contributed by atoms with Crippen molar-refractivity contribution in [3.8, 4) is 39.7 Å². The molecule has 3 aromatic heterocycles. The first kappa shape index (κ1) is 18.3. The van der Waals surface area contributed by atoms with Gasteiger partial charge in [0.05, 0.1) is 12.7 Å². The third-order valence-corrected chi connectivity index (χ3v) is 4.84. The zero-order chi connectivity index (χ0) is 21.4. The number of imidazole rings is 1. The average Bonchev–Trinajstić information content (AvgIpc) is 3.47. The van der Waals surface area contributed by atoms with Gasteiger partial charge in [-0.2, -0.15) is 5.21 Å². The van der Waals surface area contributed by atoms with Crippen molar-refractivity contribution in [1.29, 1.82) is 0 Å². The maximum absolute atomic E-state index is 13.6. The Balaban J connectivity index is 1.91. The van der Waals surface area contributed by atoms with Gasteiger partial charge in [-0.25, -0.2) is 4.52 Å². The lowest BCUT2D eigenvalue weighted by atomic mass is 10.0. The highest BCUT2D eigenvalue weighted by Crippen LogP contribution is 2.33. The SMILES string of the molecule is [C-]#[N+]c1nc2c(=O)c(-c3cccc(OC)c3)c(-c3nn[nH]n3)[nH]n2c1-c1ccccc1. The number of aromatic amines is 2. The molecule has 2 N–H and O–H groups in total. The van der Waals surface area contributed by atoms with Gasteiger partial charge >= 0.3 is 0 Å². The Hall–Kier alpha value is -4.78. The first-order valence-corrected chi connectivity index (χ1v) is 9.21. The van der Waals surface area contributed by atoms with E-state index >= 15 is 0 Å². The third kappa shape index (κ3) is 2.92. The van der Waals surface area contributed by atoms with E-state index in [1.165, 1.54) is 4.52 Å². The van der Waals surface area contributed by atoms with Crippen molar-refractivity contribution >= 4 is 11.5 Å². The molecule has 0 radical (unpaired) electrons. The molecule has 5 rings (SSSR count). The fourth-order valence-corrected chi connectivity index (χ4v) is 3.48. The molecule has 0 fully saturated rings. The van der Waals surface area contributed by atoms with Gasteiger partial charge in [0, 0.05) is 0 Å². The number of ether oxygens (including phenoxy) is 1. The Kier molecular flexibility index (Phi) is 4.26. The largest absolute Gasteiger partial charge is 0.497 e. The normalized spacial score (nSPS) is 10.8. The van der Waals surface area contributed by atoms with Crippen LogP contribution in [0.3, 0.4) is 0 Å². The molecular formula is C21H14N8O2. The summed E-state index contributed by atoms with van der Waals surface area (Å²) in [4.78, 5) is 21.5. The van der Waals surface area contributed by atoms with Crippen molar-refractivity contribution in [3.05, 3.63) is 76.2 Å². The quantitative estimate of drug-likeness (QED) is 0.440. The molecule has 0 unspecified atom stereocenters. The maximum atomic E-state index is 13.6. The number of hydrogen-bond donors (Lipinski definition) is 2. The highest BCUT2D eigenvalue weighted by molar-refractivity contribution is 5.83. The average molecular weight is 410 g/mol. The summed E-state index contributed by atoms with van der Waals surface area (Å²) in [6, 6.07) is 16.4. The van der Waals surface area contributed by atoms with Crippen molar-refractivity contribution in [3.63, 3.8) is 0 Å². The number of methoxy groups -OCH3 is 1. The molecule has 0 saturated heterocycles. The molecule has 10 nitrogen and oxygen atoms in total. The predicted octanol–water partition coefficient (Wildman–Crippen LogP) is 3.10. The second-order valence-corrected chi connectivity index (χ2v) is 6.58. The molecule has 150 valence electrons. The van der Waals surface area contributed by atoms with Crippen molar-refractivity contribution in [2.45, 2.75) is 0 Å². The van der Waals surface area contributed by atoms with Crippen molar-refractivity contribution in [2.75, 3.05) is 7.11 Å². The van der Waals surface area contributed by atoms with Gasteiger partial charge in [0.15, 0.2) is 0 Å². The van der Waals surface area contributed by atoms with Gasteiger partial charge in [0.2, 0.25) is 5.82 Å². The first-order valence-electron chi connectivity index (χ1n) is 9.21. The number of nitrogens with zero attached hydrogens (tertiary/aromatic N) is 6. The van der Waals surface area contributed by atoms with E-state index in [2.05, 4.69) is 35.6 Å². The molecule has 0 spiro atoms. The summed E-state index contributed by atoms with van der Waals surface area (Å²) in [5.41, 5.74) is 2.17. The number of H-pyrrole nitrogens is 2. The summed E-state index contributed by atoms with van der Waals surface area (Å²) in [6.45, 7) is 7.58. The molecule has 0 bridgehead atoms. The van der Waals surface area contributed by atoms with Crippen LogP contribution in [0.5, 0.6) is 5.75 Å². The van der Waals surface area contributed by atoms with Gasteiger partial charge in [-0.05, 0) is 28.5 Å². The number of rotatable bonds is 4. The fraction of sp³-hybridized carbons (Fsp3) is 0.0476. The van der Waals surface area contributed by atoms with Crippen LogP contribution in [-0.4, -0.2) is 42.3 Å². The van der Waals surface area contributed by atoms with Crippen LogP contribution in [0.2, 0.25) is 0 Å². The van der Waals surface area contributed by atoms with E-state index < -0.39 is 0 Å². The van der Waals surface area contributed by atoms with Crippen LogP contribution in [0.4, 0.5) is 5.82 Å². The molecule has 0 atom stereocenters. The molecule has 31 heavy (non-hydrogen) atoms. The molecular weight excluding hydrogens is 396 g/mol. The predicted molar refractivity (Wildman–Crippen MR) is 113 cm³/mol. The van der Waals surface area contributed by atoms with E-state index in [-0.39, 0.29) is 22.7 Å². The Bertz CT molecular complexity index is 1490. The first-order chi connectivity index (χ1) is 15.2. The van der Waals surface area contributed by atoms with Crippen LogP contribution in [0, 0.1) is 6.57 Å². The number of benzene rings is 2. The topological polar surface area (TPSA) is 118 Å². The van der Waals surface area contributed by atoms with Crippen LogP contribution in [-0.2, 0) is 0 Å². The zero-order valence-electron chi connectivity index (χ0n) is 16.2. The van der Waals surface area contributed by atoms with Crippen LogP contribution in [0.15, 0.2) is 59.4 Å². The minimum Gasteiger partial charge on any atom is -0.497 e. The minimum absolute atomic E-state index is 0.0925. The van der Waals surface area contributed by atoms with E-state index in [4.69, 9.17) is 11.3 Å². The summed E-state index contributed by atoms with van der Waals surface area (Å²) in [7, 11) is 1.55. The molecule has 2 aromatic carbocycles. The second-order valence-electron chi connectivity index (χ2n) is 6.58. The number of aromatic nitrogens is 7. The lowest BCUT2D eigenvalue weighted by molar-refractivity contribution is 0.415. The highest BCUT2D eigenvalue weighted by Gasteiger charge is 2.25. The van der Waals surface area contributed by atoms with Crippen molar-refractivity contribution in [2.24, 2.45) is 0 Å². The molecule has 0 aliphatic carbocycles. The molecule has 3 heterocycles. The molecule has 0 aliphatic heterocycles. The summed E-state index contributed by atoms with van der Waals surface area (Å²) >= 11 is 0. The van der Waals surface area contributed by atoms with Crippen LogP contribution < -0.4 is 10.2 Å². The minimum atomic E-state index is -0.376. The summed E-state index contributed by atoms with van der Waals surface area (Å²) in [5, 5.41) is 17.3. The number of fused-ring (bicyclic) bond motifs is 1. The van der Waals surface area contributed by atoms with Gasteiger partial charge in [0.25, 0.3) is 16.9 Å². The molecule has 10 heteroatoms. The Morgan fingerprint density at radius 2 is 1.90 bits per heavy atom. The van der Waals surface area contributed by atoms with Crippen LogP contribution >= 0.6 is 0 Å². The van der Waals surface area contributed by atoms with Crippen molar-refractivity contribution in [1.82, 2.24) is 35.2 Å². The second kappa shape index (κ2) is 7.23. The molecule has 0 aliphatic rings. The molecule has 5 aromatic rings. The van der Waals surface area contributed by atoms with Gasteiger partial charge in [0.1, 0.15) is 17.1 Å². The Morgan fingerprint density at radius 3 is 2.61 bits per heavy atom. The van der Waals surface area contributed by atoms with Gasteiger partial charge in [-0.1, -0.05) is 54.0 Å². The van der Waals surface area contributed by atoms with E-state index in [9.17, 15) is 4.79 Å². The third-order valence-electron chi connectivity index (χ3n) is 4.84. The summed E-state index contributed by atoms with van der Waals surface area (Å²) in [6.07, 6.45) is 0. The number of nitrogens with one attached hydrogen (secondary N) is 2. The van der Waals surface area contributed by atoms with Gasteiger partial charge in [-0.3, -0.25) is 9.89 Å². The van der Waals surface area contributed by atoms with Gasteiger partial charge < -0.3 is 9.58 Å². The maximum Gasteiger partial charge on any atom is 0.298 e.